The van der Waals surface area contributed by atoms with E-state index in [1.807, 2.05) is 6.92 Å². The molecule has 1 aliphatic rings. The summed E-state index contributed by atoms with van der Waals surface area (Å²) in [5.41, 5.74) is 5.22. The summed E-state index contributed by atoms with van der Waals surface area (Å²) in [5.74, 6) is -0.170. The average Bonchev–Trinajstić information content (AvgIpc) is 3.25. The number of H-pyrrole nitrogens is 2. The fourth-order valence-electron chi connectivity index (χ4n) is 3.42. The number of nitrogens with one attached hydrogen (secondary N) is 3. The third-order valence-corrected chi connectivity index (χ3v) is 4.66. The van der Waals surface area contributed by atoms with Crippen LogP contribution < -0.4 is 11.0 Å². The molecule has 24 heavy (non-hydrogen) atoms. The second kappa shape index (κ2) is 5.67. The van der Waals surface area contributed by atoms with Crippen LogP contribution in [0, 0.1) is 0 Å². The van der Waals surface area contributed by atoms with E-state index in [9.17, 15) is 9.59 Å². The number of aromatic amines is 2. The molecular weight excluding hydrogens is 306 g/mol. The highest BCUT2D eigenvalue weighted by Crippen LogP contribution is 2.22. The molecule has 3 aromatic rings. The van der Waals surface area contributed by atoms with Crippen LogP contribution in [0.1, 0.15) is 40.7 Å². The molecule has 2 aromatic heterocycles. The molecule has 0 saturated carbocycles. The van der Waals surface area contributed by atoms with Gasteiger partial charge < -0.3 is 10.3 Å². The van der Waals surface area contributed by atoms with Crippen molar-refractivity contribution in [1.29, 1.82) is 0 Å². The SMILES string of the molecule is CCn1c(=O)[nH]c2cc(C(=O)NCc3n[nH]c4c3CCC4)ccc21. The molecule has 0 atom stereocenters. The average molecular weight is 325 g/mol. The molecule has 0 saturated heterocycles. The minimum absolute atomic E-state index is 0.155. The Balaban J connectivity index is 1.54. The molecule has 0 fully saturated rings. The Morgan fingerprint density at radius 2 is 2.25 bits per heavy atom. The minimum atomic E-state index is -0.170. The summed E-state index contributed by atoms with van der Waals surface area (Å²) in [7, 11) is 0. The number of rotatable bonds is 4. The number of nitrogens with zero attached hydrogens (tertiary/aromatic N) is 2. The van der Waals surface area contributed by atoms with E-state index >= 15 is 0 Å². The number of hydrogen-bond donors (Lipinski definition) is 3. The van der Waals surface area contributed by atoms with E-state index in [4.69, 9.17) is 0 Å². The normalized spacial score (nSPS) is 13.4. The molecule has 3 N–H and O–H groups in total. The number of aromatic nitrogens is 4. The van der Waals surface area contributed by atoms with Crippen molar-refractivity contribution in [2.24, 2.45) is 0 Å². The number of benzene rings is 1. The largest absolute Gasteiger partial charge is 0.346 e. The molecule has 0 spiro atoms. The van der Waals surface area contributed by atoms with Crippen molar-refractivity contribution in [1.82, 2.24) is 25.1 Å². The van der Waals surface area contributed by atoms with Crippen LogP contribution in [0.2, 0.25) is 0 Å². The minimum Gasteiger partial charge on any atom is -0.346 e. The standard InChI is InChI=1S/C17H19N5O2/c1-2-22-15-7-6-10(8-13(15)19-17(22)24)16(23)18-9-14-11-4-3-5-12(11)20-21-14/h6-8H,2-5,9H2,1H3,(H,18,23)(H,19,24)(H,20,21). The zero-order valence-corrected chi connectivity index (χ0v) is 13.5. The predicted molar refractivity (Wildman–Crippen MR) is 90.0 cm³/mol. The number of imidazole rings is 1. The number of amides is 1. The molecule has 7 heteroatoms. The predicted octanol–water partition coefficient (Wildman–Crippen LogP) is 1.49. The second-order valence-electron chi connectivity index (χ2n) is 6.07. The van der Waals surface area contributed by atoms with E-state index in [1.54, 1.807) is 22.8 Å². The van der Waals surface area contributed by atoms with Crippen LogP contribution in [-0.4, -0.2) is 25.7 Å². The van der Waals surface area contributed by atoms with Crippen LogP contribution >= 0.6 is 0 Å². The van der Waals surface area contributed by atoms with Crippen molar-refractivity contribution in [2.45, 2.75) is 39.3 Å². The summed E-state index contributed by atoms with van der Waals surface area (Å²) in [6, 6.07) is 5.26. The molecule has 0 unspecified atom stereocenters. The van der Waals surface area contributed by atoms with Crippen LogP contribution in [-0.2, 0) is 25.9 Å². The molecule has 7 nitrogen and oxygen atoms in total. The van der Waals surface area contributed by atoms with E-state index in [0.29, 0.717) is 24.2 Å². The lowest BCUT2D eigenvalue weighted by atomic mass is 10.1. The first-order valence-electron chi connectivity index (χ1n) is 8.23. The summed E-state index contributed by atoms with van der Waals surface area (Å²) in [6.45, 7) is 2.92. The topological polar surface area (TPSA) is 95.6 Å². The van der Waals surface area contributed by atoms with Crippen LogP contribution in [0.15, 0.2) is 23.0 Å². The number of fused-ring (bicyclic) bond motifs is 2. The van der Waals surface area contributed by atoms with E-state index in [0.717, 1.165) is 30.5 Å². The van der Waals surface area contributed by atoms with Gasteiger partial charge in [0, 0.05) is 17.8 Å². The van der Waals surface area contributed by atoms with E-state index < -0.39 is 0 Å². The van der Waals surface area contributed by atoms with Gasteiger partial charge in [0.2, 0.25) is 0 Å². The maximum Gasteiger partial charge on any atom is 0.326 e. The summed E-state index contributed by atoms with van der Waals surface area (Å²) in [6.07, 6.45) is 3.20. The molecule has 1 aromatic carbocycles. The Morgan fingerprint density at radius 1 is 1.38 bits per heavy atom. The van der Waals surface area contributed by atoms with Gasteiger partial charge in [0.1, 0.15) is 0 Å². The van der Waals surface area contributed by atoms with Crippen molar-refractivity contribution >= 4 is 16.9 Å². The highest BCUT2D eigenvalue weighted by Gasteiger charge is 2.19. The zero-order valence-electron chi connectivity index (χ0n) is 13.5. The van der Waals surface area contributed by atoms with Crippen LogP contribution in [0.4, 0.5) is 0 Å². The van der Waals surface area contributed by atoms with Crippen molar-refractivity contribution in [3.63, 3.8) is 0 Å². The summed E-state index contributed by atoms with van der Waals surface area (Å²) in [4.78, 5) is 27.0. The number of hydrogen-bond acceptors (Lipinski definition) is 3. The molecule has 0 radical (unpaired) electrons. The molecule has 2 heterocycles. The van der Waals surface area contributed by atoms with Gasteiger partial charge in [-0.05, 0) is 49.9 Å². The summed E-state index contributed by atoms with van der Waals surface area (Å²) < 4.78 is 1.64. The van der Waals surface area contributed by atoms with Crippen molar-refractivity contribution in [3.05, 3.63) is 51.2 Å². The second-order valence-corrected chi connectivity index (χ2v) is 6.07. The quantitative estimate of drug-likeness (QED) is 0.678. The van der Waals surface area contributed by atoms with Gasteiger partial charge in [-0.1, -0.05) is 0 Å². The van der Waals surface area contributed by atoms with Crippen LogP contribution in [0.3, 0.4) is 0 Å². The first-order chi connectivity index (χ1) is 11.7. The Labute approximate surface area is 138 Å². The van der Waals surface area contributed by atoms with Crippen LogP contribution in [0.25, 0.3) is 11.0 Å². The molecule has 1 amide bonds. The van der Waals surface area contributed by atoms with Crippen molar-refractivity contribution in [3.8, 4) is 0 Å². The molecular formula is C17H19N5O2. The maximum atomic E-state index is 12.4. The lowest BCUT2D eigenvalue weighted by Crippen LogP contribution is -2.23. The van der Waals surface area contributed by atoms with Gasteiger partial charge in [-0.2, -0.15) is 5.10 Å². The van der Waals surface area contributed by atoms with Gasteiger partial charge in [-0.25, -0.2) is 4.79 Å². The maximum absolute atomic E-state index is 12.4. The van der Waals surface area contributed by atoms with Gasteiger partial charge in [-0.15, -0.1) is 0 Å². The zero-order chi connectivity index (χ0) is 16.7. The van der Waals surface area contributed by atoms with Gasteiger partial charge in [0.25, 0.3) is 5.91 Å². The lowest BCUT2D eigenvalue weighted by Gasteiger charge is -2.05. The van der Waals surface area contributed by atoms with E-state index in [2.05, 4.69) is 20.5 Å². The Hall–Kier alpha value is -2.83. The Kier molecular flexibility index (Phi) is 3.48. The highest BCUT2D eigenvalue weighted by molar-refractivity contribution is 5.97. The monoisotopic (exact) mass is 325 g/mol. The molecule has 0 aliphatic heterocycles. The van der Waals surface area contributed by atoms with Crippen molar-refractivity contribution < 1.29 is 4.79 Å². The number of carbonyl (C=O) groups excluding carboxylic acids is 1. The fraction of sp³-hybridized carbons (Fsp3) is 0.353. The van der Waals surface area contributed by atoms with Gasteiger partial charge in [0.15, 0.2) is 0 Å². The molecule has 0 bridgehead atoms. The Bertz CT molecular complexity index is 979. The van der Waals surface area contributed by atoms with Gasteiger partial charge in [-0.3, -0.25) is 14.5 Å². The van der Waals surface area contributed by atoms with Gasteiger partial charge >= 0.3 is 5.69 Å². The molecule has 4 rings (SSSR count). The first-order valence-corrected chi connectivity index (χ1v) is 8.23. The van der Waals surface area contributed by atoms with Gasteiger partial charge in [0.05, 0.1) is 23.3 Å². The summed E-state index contributed by atoms with van der Waals surface area (Å²) in [5, 5.41) is 10.2. The lowest BCUT2D eigenvalue weighted by molar-refractivity contribution is 0.0950. The fourth-order valence-corrected chi connectivity index (χ4v) is 3.42. The molecule has 124 valence electrons. The smallest absolute Gasteiger partial charge is 0.326 e. The Morgan fingerprint density at radius 3 is 3.08 bits per heavy atom. The first kappa shape index (κ1) is 14.7. The number of aryl methyl sites for hydroxylation is 2. The summed E-state index contributed by atoms with van der Waals surface area (Å²) >= 11 is 0. The third-order valence-electron chi connectivity index (χ3n) is 4.66. The highest BCUT2D eigenvalue weighted by atomic mass is 16.2. The number of carbonyl (C=O) groups is 1. The van der Waals surface area contributed by atoms with Crippen molar-refractivity contribution in [2.75, 3.05) is 0 Å². The van der Waals surface area contributed by atoms with E-state index in [1.165, 1.54) is 11.3 Å². The van der Waals surface area contributed by atoms with Crippen LogP contribution in [0.5, 0.6) is 0 Å². The van der Waals surface area contributed by atoms with E-state index in [-0.39, 0.29) is 11.6 Å². The third kappa shape index (κ3) is 2.33. The molecule has 1 aliphatic carbocycles.